The standard InChI is InChI=1S/C30H32N2O4/c1-34-23-11-9-20(10-12-23)19-22-5-4-7-25-27(24-6-2-3-8-26(24)31-28(22)25)29(33)32-15-13-21(14-16-32)30-35-17-18-36-30/h2-3,6,8-12,19,21,30H,4-5,7,13-18H2,1H3/b22-19+. The molecule has 2 aliphatic heterocycles. The van der Waals surface area contributed by atoms with Crippen LogP contribution in [-0.4, -0.2) is 55.5 Å². The molecule has 1 aliphatic carbocycles. The number of rotatable bonds is 4. The number of carbonyl (C=O) groups is 1. The molecule has 0 saturated carbocycles. The number of para-hydroxylation sites is 1. The van der Waals surface area contributed by atoms with Crippen LogP contribution >= 0.6 is 0 Å². The number of allylic oxidation sites excluding steroid dienone is 1. The van der Waals surface area contributed by atoms with Crippen LogP contribution in [-0.2, 0) is 15.9 Å². The van der Waals surface area contributed by atoms with E-state index in [4.69, 9.17) is 19.2 Å². The van der Waals surface area contributed by atoms with Crippen LogP contribution in [0.4, 0.5) is 0 Å². The van der Waals surface area contributed by atoms with Crippen molar-refractivity contribution >= 4 is 28.5 Å². The summed E-state index contributed by atoms with van der Waals surface area (Å²) in [7, 11) is 1.68. The Balaban J connectivity index is 1.35. The summed E-state index contributed by atoms with van der Waals surface area (Å²) in [4.78, 5) is 21.2. The first-order valence-corrected chi connectivity index (χ1v) is 13.0. The van der Waals surface area contributed by atoms with E-state index in [9.17, 15) is 4.79 Å². The highest BCUT2D eigenvalue weighted by Gasteiger charge is 2.34. The molecular weight excluding hydrogens is 452 g/mol. The molecule has 0 atom stereocenters. The fourth-order valence-electron chi connectivity index (χ4n) is 5.80. The van der Waals surface area contributed by atoms with Crippen molar-refractivity contribution in [1.82, 2.24) is 9.88 Å². The van der Waals surface area contributed by atoms with Gasteiger partial charge in [-0.1, -0.05) is 30.3 Å². The molecule has 3 aliphatic rings. The molecule has 0 unspecified atom stereocenters. The van der Waals surface area contributed by atoms with E-state index in [1.54, 1.807) is 7.11 Å². The number of ether oxygens (including phenoxy) is 3. The first kappa shape index (κ1) is 23.2. The molecule has 6 rings (SSSR count). The summed E-state index contributed by atoms with van der Waals surface area (Å²) in [6.07, 6.45) is 6.74. The molecular formula is C30H32N2O4. The molecule has 6 nitrogen and oxygen atoms in total. The van der Waals surface area contributed by atoms with Gasteiger partial charge in [0.25, 0.3) is 5.91 Å². The minimum Gasteiger partial charge on any atom is -0.497 e. The van der Waals surface area contributed by atoms with Gasteiger partial charge in [-0.25, -0.2) is 4.98 Å². The monoisotopic (exact) mass is 484 g/mol. The number of aromatic nitrogens is 1. The second-order valence-electron chi connectivity index (χ2n) is 9.87. The van der Waals surface area contributed by atoms with Crippen LogP contribution in [0.15, 0.2) is 48.5 Å². The zero-order valence-corrected chi connectivity index (χ0v) is 20.7. The lowest BCUT2D eigenvalue weighted by atomic mass is 9.85. The fraction of sp³-hybridized carbons (Fsp3) is 0.400. The Morgan fingerprint density at radius 1 is 1.03 bits per heavy atom. The molecule has 1 aromatic heterocycles. The number of methoxy groups -OCH3 is 1. The van der Waals surface area contributed by atoms with Gasteiger partial charge in [-0.2, -0.15) is 0 Å². The zero-order chi connectivity index (χ0) is 24.5. The zero-order valence-electron chi connectivity index (χ0n) is 20.7. The Bertz CT molecular complexity index is 1290. The average Bonchev–Trinajstić information content (AvgIpc) is 3.47. The summed E-state index contributed by atoms with van der Waals surface area (Å²) in [5.74, 6) is 1.33. The first-order chi connectivity index (χ1) is 17.7. The predicted octanol–water partition coefficient (Wildman–Crippen LogP) is 5.35. The van der Waals surface area contributed by atoms with Crippen molar-refractivity contribution in [2.45, 2.75) is 38.4 Å². The van der Waals surface area contributed by atoms with E-state index in [-0.39, 0.29) is 12.2 Å². The molecule has 0 bridgehead atoms. The van der Waals surface area contributed by atoms with Gasteiger partial charge in [-0.05, 0) is 73.1 Å². The van der Waals surface area contributed by atoms with Gasteiger partial charge in [0.2, 0.25) is 0 Å². The van der Waals surface area contributed by atoms with Gasteiger partial charge < -0.3 is 19.1 Å². The van der Waals surface area contributed by atoms with E-state index in [1.165, 1.54) is 5.57 Å². The number of hydrogen-bond acceptors (Lipinski definition) is 5. The molecule has 2 saturated heterocycles. The lowest BCUT2D eigenvalue weighted by Gasteiger charge is -2.35. The maximum absolute atomic E-state index is 14.1. The number of fused-ring (bicyclic) bond motifs is 2. The van der Waals surface area contributed by atoms with Crippen molar-refractivity contribution in [3.8, 4) is 5.75 Å². The average molecular weight is 485 g/mol. The highest BCUT2D eigenvalue weighted by Crippen LogP contribution is 2.37. The van der Waals surface area contributed by atoms with Crippen LogP contribution in [0.1, 0.15) is 52.9 Å². The number of carbonyl (C=O) groups excluding carboxylic acids is 1. The SMILES string of the molecule is COc1ccc(/C=C2\CCCc3c2nc2ccccc2c3C(=O)N2CCC(C3OCCO3)CC2)cc1. The molecule has 186 valence electrons. The maximum Gasteiger partial charge on any atom is 0.254 e. The number of amides is 1. The summed E-state index contributed by atoms with van der Waals surface area (Å²) >= 11 is 0. The summed E-state index contributed by atoms with van der Waals surface area (Å²) in [5, 5.41) is 0.955. The topological polar surface area (TPSA) is 60.9 Å². The number of likely N-dealkylation sites (tertiary alicyclic amines) is 1. The van der Waals surface area contributed by atoms with Gasteiger partial charge in [0.15, 0.2) is 6.29 Å². The third-order valence-electron chi connectivity index (χ3n) is 7.70. The summed E-state index contributed by atoms with van der Waals surface area (Å²) in [6.45, 7) is 2.80. The summed E-state index contributed by atoms with van der Waals surface area (Å²) in [6, 6.07) is 16.2. The highest BCUT2D eigenvalue weighted by atomic mass is 16.7. The van der Waals surface area contributed by atoms with Gasteiger partial charge in [0, 0.05) is 24.4 Å². The predicted molar refractivity (Wildman–Crippen MR) is 140 cm³/mol. The van der Waals surface area contributed by atoms with Crippen molar-refractivity contribution in [1.29, 1.82) is 0 Å². The van der Waals surface area contributed by atoms with Crippen molar-refractivity contribution in [2.24, 2.45) is 5.92 Å². The Hall–Kier alpha value is -3.22. The Morgan fingerprint density at radius 2 is 1.78 bits per heavy atom. The van der Waals surface area contributed by atoms with Gasteiger partial charge in [0.05, 0.1) is 37.1 Å². The largest absolute Gasteiger partial charge is 0.497 e. The molecule has 0 radical (unpaired) electrons. The minimum atomic E-state index is -0.109. The lowest BCUT2D eigenvalue weighted by Crippen LogP contribution is -2.42. The minimum absolute atomic E-state index is 0.109. The van der Waals surface area contributed by atoms with E-state index in [2.05, 4.69) is 18.2 Å². The van der Waals surface area contributed by atoms with Crippen molar-refractivity contribution in [2.75, 3.05) is 33.4 Å². The van der Waals surface area contributed by atoms with Crippen molar-refractivity contribution in [3.63, 3.8) is 0 Å². The number of nitrogens with zero attached hydrogens (tertiary/aromatic N) is 2. The molecule has 3 heterocycles. The number of benzene rings is 2. The number of hydrogen-bond donors (Lipinski definition) is 0. The third kappa shape index (κ3) is 4.40. The van der Waals surface area contributed by atoms with Crippen LogP contribution < -0.4 is 4.74 Å². The van der Waals surface area contributed by atoms with E-state index in [1.807, 2.05) is 41.3 Å². The quantitative estimate of drug-likeness (QED) is 0.500. The van der Waals surface area contributed by atoms with Crippen LogP contribution in [0.3, 0.4) is 0 Å². The normalized spacial score (nSPS) is 20.1. The second-order valence-corrected chi connectivity index (χ2v) is 9.87. The van der Waals surface area contributed by atoms with Crippen molar-refractivity contribution in [3.05, 3.63) is 70.9 Å². The van der Waals surface area contributed by atoms with Gasteiger partial charge in [-0.15, -0.1) is 0 Å². The Morgan fingerprint density at radius 3 is 2.53 bits per heavy atom. The van der Waals surface area contributed by atoms with Gasteiger partial charge >= 0.3 is 0 Å². The molecule has 2 aromatic carbocycles. The molecule has 0 spiro atoms. The van der Waals surface area contributed by atoms with Crippen LogP contribution in [0.25, 0.3) is 22.6 Å². The molecule has 3 aromatic rings. The Labute approximate surface area is 211 Å². The van der Waals surface area contributed by atoms with Gasteiger partial charge in [-0.3, -0.25) is 4.79 Å². The summed E-state index contributed by atoms with van der Waals surface area (Å²) in [5.41, 5.74) is 6.08. The summed E-state index contributed by atoms with van der Waals surface area (Å²) < 4.78 is 16.8. The maximum atomic E-state index is 14.1. The molecule has 6 heteroatoms. The molecule has 36 heavy (non-hydrogen) atoms. The third-order valence-corrected chi connectivity index (χ3v) is 7.70. The molecule has 2 fully saturated rings. The molecule has 0 N–H and O–H groups in total. The van der Waals surface area contributed by atoms with E-state index < -0.39 is 0 Å². The fourth-order valence-corrected chi connectivity index (χ4v) is 5.80. The van der Waals surface area contributed by atoms with Gasteiger partial charge in [0.1, 0.15) is 5.75 Å². The van der Waals surface area contributed by atoms with Crippen LogP contribution in [0, 0.1) is 5.92 Å². The van der Waals surface area contributed by atoms with Crippen LogP contribution in [0.5, 0.6) is 5.75 Å². The van der Waals surface area contributed by atoms with E-state index in [0.717, 1.165) is 84.2 Å². The lowest BCUT2D eigenvalue weighted by molar-refractivity contribution is -0.0956. The highest BCUT2D eigenvalue weighted by molar-refractivity contribution is 6.09. The smallest absolute Gasteiger partial charge is 0.254 e. The van der Waals surface area contributed by atoms with Crippen molar-refractivity contribution < 1.29 is 19.0 Å². The van der Waals surface area contributed by atoms with Crippen LogP contribution in [0.2, 0.25) is 0 Å². The number of piperidine rings is 1. The number of pyridine rings is 1. The first-order valence-electron chi connectivity index (χ1n) is 13.0. The molecule has 1 amide bonds. The van der Waals surface area contributed by atoms with E-state index >= 15 is 0 Å². The van der Waals surface area contributed by atoms with E-state index in [0.29, 0.717) is 19.1 Å². The Kier molecular flexibility index (Phi) is 6.46. The second kappa shape index (κ2) is 10.0.